The third-order valence-electron chi connectivity index (χ3n) is 4.25. The molecule has 5 heteroatoms. The lowest BCUT2D eigenvalue weighted by atomic mass is 9.89. The molecule has 0 radical (unpaired) electrons. The molecule has 1 N–H and O–H groups in total. The summed E-state index contributed by atoms with van der Waals surface area (Å²) in [5.74, 6) is 0.360. The Labute approximate surface area is 137 Å². The van der Waals surface area contributed by atoms with E-state index < -0.39 is 12.1 Å². The molecule has 0 aliphatic heterocycles. The van der Waals surface area contributed by atoms with E-state index in [2.05, 4.69) is 5.32 Å². The molecule has 0 aromatic heterocycles. The lowest BCUT2D eigenvalue weighted by Crippen LogP contribution is -2.38. The fraction of sp³-hybridized carbons (Fsp3) is 0.556. The van der Waals surface area contributed by atoms with Crippen molar-refractivity contribution in [2.24, 2.45) is 5.92 Å². The highest BCUT2D eigenvalue weighted by molar-refractivity contribution is 5.92. The van der Waals surface area contributed by atoms with Crippen LogP contribution >= 0.6 is 0 Å². The molecular weight excluding hydrogens is 294 g/mol. The second kappa shape index (κ2) is 8.56. The maximum absolute atomic E-state index is 12.1. The minimum atomic E-state index is -0.808. The van der Waals surface area contributed by atoms with Gasteiger partial charge in [-0.15, -0.1) is 0 Å². The highest BCUT2D eigenvalue weighted by atomic mass is 16.5. The maximum Gasteiger partial charge on any atom is 0.339 e. The van der Waals surface area contributed by atoms with Crippen molar-refractivity contribution in [2.75, 3.05) is 13.7 Å². The molecule has 1 atom stereocenters. The van der Waals surface area contributed by atoms with Gasteiger partial charge in [0.25, 0.3) is 5.91 Å². The Morgan fingerprint density at radius 2 is 2.00 bits per heavy atom. The van der Waals surface area contributed by atoms with Crippen LogP contribution < -0.4 is 10.1 Å². The van der Waals surface area contributed by atoms with Crippen molar-refractivity contribution in [1.29, 1.82) is 0 Å². The Balaban J connectivity index is 1.81. The van der Waals surface area contributed by atoms with Crippen LogP contribution in [0.15, 0.2) is 24.3 Å². The van der Waals surface area contributed by atoms with Crippen LogP contribution in [0.4, 0.5) is 0 Å². The van der Waals surface area contributed by atoms with Gasteiger partial charge in [0.15, 0.2) is 6.10 Å². The predicted octanol–water partition coefficient (Wildman–Crippen LogP) is 2.94. The lowest BCUT2D eigenvalue weighted by molar-refractivity contribution is -0.129. The molecule has 1 aromatic carbocycles. The lowest BCUT2D eigenvalue weighted by Gasteiger charge is -2.22. The number of methoxy groups -OCH3 is 1. The Morgan fingerprint density at radius 3 is 2.70 bits per heavy atom. The summed E-state index contributed by atoms with van der Waals surface area (Å²) in [7, 11) is 1.53. The Hall–Kier alpha value is -2.04. The first kappa shape index (κ1) is 17.3. The molecule has 1 aliphatic rings. The Morgan fingerprint density at radius 1 is 1.26 bits per heavy atom. The van der Waals surface area contributed by atoms with Crippen LogP contribution in [-0.2, 0) is 9.53 Å². The highest BCUT2D eigenvalue weighted by Crippen LogP contribution is 2.22. The quantitative estimate of drug-likeness (QED) is 0.819. The van der Waals surface area contributed by atoms with Crippen molar-refractivity contribution in [3.05, 3.63) is 29.8 Å². The first-order valence-electron chi connectivity index (χ1n) is 8.23. The van der Waals surface area contributed by atoms with Crippen LogP contribution in [0.3, 0.4) is 0 Å². The van der Waals surface area contributed by atoms with E-state index in [4.69, 9.17) is 9.47 Å². The van der Waals surface area contributed by atoms with Crippen LogP contribution in [0.2, 0.25) is 0 Å². The molecule has 0 saturated heterocycles. The highest BCUT2D eigenvalue weighted by Gasteiger charge is 2.21. The zero-order chi connectivity index (χ0) is 16.7. The van der Waals surface area contributed by atoms with Gasteiger partial charge >= 0.3 is 5.97 Å². The molecule has 5 nitrogen and oxygen atoms in total. The van der Waals surface area contributed by atoms with Gasteiger partial charge in [0.2, 0.25) is 0 Å². The van der Waals surface area contributed by atoms with E-state index in [0.717, 1.165) is 12.8 Å². The van der Waals surface area contributed by atoms with Gasteiger partial charge in [-0.05, 0) is 43.9 Å². The molecule has 1 saturated carbocycles. The number of carbonyl (C=O) groups is 2. The van der Waals surface area contributed by atoms with E-state index in [1.54, 1.807) is 31.2 Å². The van der Waals surface area contributed by atoms with E-state index in [0.29, 0.717) is 23.8 Å². The summed E-state index contributed by atoms with van der Waals surface area (Å²) in [4.78, 5) is 24.1. The topological polar surface area (TPSA) is 64.6 Å². The van der Waals surface area contributed by atoms with E-state index in [-0.39, 0.29) is 5.91 Å². The van der Waals surface area contributed by atoms with Gasteiger partial charge in [0.1, 0.15) is 5.75 Å². The summed E-state index contributed by atoms with van der Waals surface area (Å²) in [5, 5.41) is 2.89. The van der Waals surface area contributed by atoms with Crippen LogP contribution in [-0.4, -0.2) is 31.6 Å². The molecule has 23 heavy (non-hydrogen) atoms. The number of benzene rings is 1. The molecule has 1 aliphatic carbocycles. The van der Waals surface area contributed by atoms with Crippen LogP contribution in [0, 0.1) is 5.92 Å². The fourth-order valence-electron chi connectivity index (χ4n) is 2.81. The monoisotopic (exact) mass is 319 g/mol. The molecule has 0 bridgehead atoms. The molecule has 1 aromatic rings. The first-order chi connectivity index (χ1) is 11.1. The molecule has 2 rings (SSSR count). The number of esters is 1. The SMILES string of the molecule is COc1cccc(C(=O)O[C@@H](C)C(=O)NCC2CCCCC2)c1. The van der Waals surface area contributed by atoms with Gasteiger partial charge in [0, 0.05) is 6.54 Å². The zero-order valence-electron chi connectivity index (χ0n) is 13.8. The van der Waals surface area contributed by atoms with E-state index in [1.807, 2.05) is 0 Å². The smallest absolute Gasteiger partial charge is 0.339 e. The minimum Gasteiger partial charge on any atom is -0.497 e. The summed E-state index contributed by atoms with van der Waals surface area (Å²) in [5.41, 5.74) is 0.372. The van der Waals surface area contributed by atoms with Gasteiger partial charge in [-0.1, -0.05) is 25.3 Å². The minimum absolute atomic E-state index is 0.244. The third-order valence-corrected chi connectivity index (χ3v) is 4.25. The number of carbonyl (C=O) groups excluding carboxylic acids is 2. The molecule has 1 amide bonds. The van der Waals surface area contributed by atoms with Crippen molar-refractivity contribution >= 4 is 11.9 Å². The number of nitrogens with one attached hydrogen (secondary N) is 1. The van der Waals surface area contributed by atoms with E-state index in [9.17, 15) is 9.59 Å². The van der Waals surface area contributed by atoms with Crippen LogP contribution in [0.1, 0.15) is 49.4 Å². The van der Waals surface area contributed by atoms with Gasteiger partial charge < -0.3 is 14.8 Å². The zero-order valence-corrected chi connectivity index (χ0v) is 13.8. The molecule has 0 unspecified atom stereocenters. The summed E-state index contributed by atoms with van der Waals surface area (Å²) >= 11 is 0. The summed E-state index contributed by atoms with van der Waals surface area (Å²) in [6, 6.07) is 6.69. The van der Waals surface area contributed by atoms with Crippen molar-refractivity contribution < 1.29 is 19.1 Å². The average Bonchev–Trinajstić information content (AvgIpc) is 2.60. The second-order valence-electron chi connectivity index (χ2n) is 6.03. The van der Waals surface area contributed by atoms with Gasteiger partial charge in [-0.2, -0.15) is 0 Å². The number of ether oxygens (including phenoxy) is 2. The molecular formula is C18H25NO4. The molecule has 1 fully saturated rings. The second-order valence-corrected chi connectivity index (χ2v) is 6.03. The Bertz CT molecular complexity index is 538. The summed E-state index contributed by atoms with van der Waals surface area (Å²) in [6.07, 6.45) is 5.29. The molecule has 0 heterocycles. The third kappa shape index (κ3) is 5.27. The maximum atomic E-state index is 12.1. The standard InChI is InChI=1S/C18H25NO4/c1-13(17(20)19-12-14-7-4-3-5-8-14)23-18(21)15-9-6-10-16(11-15)22-2/h6,9-11,13-14H,3-5,7-8,12H2,1-2H3,(H,19,20)/t13-/m0/s1. The number of amides is 1. The predicted molar refractivity (Wildman–Crippen MR) is 87.5 cm³/mol. The largest absolute Gasteiger partial charge is 0.497 e. The van der Waals surface area contributed by atoms with Crippen molar-refractivity contribution in [3.63, 3.8) is 0 Å². The van der Waals surface area contributed by atoms with E-state index >= 15 is 0 Å². The van der Waals surface area contributed by atoms with Crippen molar-refractivity contribution in [3.8, 4) is 5.75 Å². The molecule has 0 spiro atoms. The van der Waals surface area contributed by atoms with E-state index in [1.165, 1.54) is 26.4 Å². The molecule has 126 valence electrons. The summed E-state index contributed by atoms with van der Waals surface area (Å²) in [6.45, 7) is 2.26. The number of hydrogen-bond acceptors (Lipinski definition) is 4. The first-order valence-corrected chi connectivity index (χ1v) is 8.23. The van der Waals surface area contributed by atoms with Crippen molar-refractivity contribution in [1.82, 2.24) is 5.32 Å². The summed E-state index contributed by atoms with van der Waals surface area (Å²) < 4.78 is 10.3. The number of hydrogen-bond donors (Lipinski definition) is 1. The Kier molecular flexibility index (Phi) is 6.44. The van der Waals surface area contributed by atoms with Gasteiger partial charge in [0.05, 0.1) is 12.7 Å². The number of rotatable bonds is 6. The fourth-order valence-corrected chi connectivity index (χ4v) is 2.81. The van der Waals surface area contributed by atoms with Crippen LogP contribution in [0.25, 0.3) is 0 Å². The normalized spacial score (nSPS) is 16.4. The van der Waals surface area contributed by atoms with Gasteiger partial charge in [-0.25, -0.2) is 4.79 Å². The average molecular weight is 319 g/mol. The van der Waals surface area contributed by atoms with Crippen molar-refractivity contribution in [2.45, 2.75) is 45.1 Å². The van der Waals surface area contributed by atoms with Gasteiger partial charge in [-0.3, -0.25) is 4.79 Å². The van der Waals surface area contributed by atoms with Crippen LogP contribution in [0.5, 0.6) is 5.75 Å².